The minimum atomic E-state index is -0.440. The molecule has 12 heteroatoms. The van der Waals surface area contributed by atoms with Crippen molar-refractivity contribution in [3.8, 4) is 11.4 Å². The predicted octanol–water partition coefficient (Wildman–Crippen LogP) is 3.18. The first-order chi connectivity index (χ1) is 15.5. The SMILES string of the molecule is O=c1c2nnn(Cc3cccc(F)c3)c2ncn1Cc1nc(-c2ccc(F)c(Br)c2)no1. The molecule has 0 aliphatic carbocycles. The quantitative estimate of drug-likeness (QED) is 0.365. The average molecular weight is 500 g/mol. The Kier molecular flexibility index (Phi) is 5.05. The standard InChI is InChI=1S/C20H12BrF2N7O2/c21-14-7-12(4-5-15(14)23)18-25-16(32-27-18)9-29-10-24-19-17(20(29)31)26-28-30(19)8-11-2-1-3-13(22)6-11/h1-7,10H,8-9H2. The maximum Gasteiger partial charge on any atom is 0.283 e. The lowest BCUT2D eigenvalue weighted by atomic mass is 10.2. The summed E-state index contributed by atoms with van der Waals surface area (Å²) in [5, 5.41) is 11.8. The van der Waals surface area contributed by atoms with E-state index in [0.29, 0.717) is 11.1 Å². The van der Waals surface area contributed by atoms with E-state index in [-0.39, 0.29) is 46.3 Å². The number of fused-ring (bicyclic) bond motifs is 1. The third kappa shape index (κ3) is 3.80. The zero-order valence-electron chi connectivity index (χ0n) is 16.1. The van der Waals surface area contributed by atoms with Crippen molar-refractivity contribution < 1.29 is 13.3 Å². The van der Waals surface area contributed by atoms with Gasteiger partial charge in [0.05, 0.1) is 11.0 Å². The summed E-state index contributed by atoms with van der Waals surface area (Å²) in [4.78, 5) is 21.3. The Hall–Kier alpha value is -3.80. The molecule has 32 heavy (non-hydrogen) atoms. The molecule has 0 radical (unpaired) electrons. The fourth-order valence-electron chi connectivity index (χ4n) is 3.13. The summed E-state index contributed by atoms with van der Waals surface area (Å²) in [6, 6.07) is 10.4. The third-order valence-corrected chi connectivity index (χ3v) is 5.27. The Morgan fingerprint density at radius 1 is 1.09 bits per heavy atom. The fourth-order valence-corrected chi connectivity index (χ4v) is 3.51. The monoisotopic (exact) mass is 499 g/mol. The molecule has 0 spiro atoms. The van der Waals surface area contributed by atoms with Gasteiger partial charge in [-0.2, -0.15) is 4.98 Å². The third-order valence-electron chi connectivity index (χ3n) is 4.66. The lowest BCUT2D eigenvalue weighted by Crippen LogP contribution is -2.21. The van der Waals surface area contributed by atoms with Gasteiger partial charge in [0.2, 0.25) is 11.7 Å². The van der Waals surface area contributed by atoms with Crippen LogP contribution in [0.5, 0.6) is 0 Å². The lowest BCUT2D eigenvalue weighted by molar-refractivity contribution is 0.369. The molecule has 160 valence electrons. The maximum atomic E-state index is 13.4. The molecule has 0 bridgehead atoms. The van der Waals surface area contributed by atoms with Crippen LogP contribution >= 0.6 is 15.9 Å². The Bertz CT molecular complexity index is 1510. The van der Waals surface area contributed by atoms with Crippen molar-refractivity contribution >= 4 is 27.1 Å². The number of benzene rings is 2. The number of aromatic nitrogens is 7. The largest absolute Gasteiger partial charge is 0.337 e. The second-order valence-electron chi connectivity index (χ2n) is 6.87. The molecule has 0 fully saturated rings. The summed E-state index contributed by atoms with van der Waals surface area (Å²) in [6.45, 7) is 0.179. The van der Waals surface area contributed by atoms with E-state index in [1.54, 1.807) is 12.1 Å². The number of rotatable bonds is 5. The van der Waals surface area contributed by atoms with Gasteiger partial charge in [-0.1, -0.05) is 22.5 Å². The van der Waals surface area contributed by atoms with E-state index < -0.39 is 11.4 Å². The molecule has 0 saturated heterocycles. The van der Waals surface area contributed by atoms with Gasteiger partial charge >= 0.3 is 0 Å². The number of hydrogen-bond donors (Lipinski definition) is 0. The van der Waals surface area contributed by atoms with E-state index in [1.807, 2.05) is 0 Å². The summed E-state index contributed by atoms with van der Waals surface area (Å²) in [7, 11) is 0. The summed E-state index contributed by atoms with van der Waals surface area (Å²) >= 11 is 3.11. The van der Waals surface area contributed by atoms with Crippen LogP contribution in [0.4, 0.5) is 8.78 Å². The second-order valence-corrected chi connectivity index (χ2v) is 7.72. The fraction of sp³-hybridized carbons (Fsp3) is 0.100. The van der Waals surface area contributed by atoms with Crippen LogP contribution < -0.4 is 5.56 Å². The Labute approximate surface area is 186 Å². The van der Waals surface area contributed by atoms with Gasteiger partial charge in [-0.25, -0.2) is 18.4 Å². The molecule has 0 N–H and O–H groups in total. The highest BCUT2D eigenvalue weighted by atomic mass is 79.9. The van der Waals surface area contributed by atoms with Gasteiger partial charge in [-0.15, -0.1) is 5.10 Å². The molecule has 0 unspecified atom stereocenters. The zero-order chi connectivity index (χ0) is 22.2. The number of hydrogen-bond acceptors (Lipinski definition) is 7. The highest BCUT2D eigenvalue weighted by Crippen LogP contribution is 2.23. The van der Waals surface area contributed by atoms with Crippen molar-refractivity contribution in [1.82, 2.24) is 34.7 Å². The first kappa shape index (κ1) is 20.1. The van der Waals surface area contributed by atoms with Gasteiger partial charge in [0.15, 0.2) is 11.2 Å². The molecule has 5 aromatic rings. The van der Waals surface area contributed by atoms with Crippen LogP contribution in [-0.4, -0.2) is 34.7 Å². The highest BCUT2D eigenvalue weighted by molar-refractivity contribution is 9.10. The van der Waals surface area contributed by atoms with E-state index in [1.165, 1.54) is 45.9 Å². The van der Waals surface area contributed by atoms with Crippen LogP contribution in [0.1, 0.15) is 11.5 Å². The maximum absolute atomic E-state index is 13.4. The molecule has 0 aliphatic heterocycles. The van der Waals surface area contributed by atoms with Gasteiger partial charge in [-0.05, 0) is 51.8 Å². The minimum absolute atomic E-state index is 0.0338. The smallest absolute Gasteiger partial charge is 0.283 e. The molecular weight excluding hydrogens is 488 g/mol. The first-order valence-electron chi connectivity index (χ1n) is 9.29. The van der Waals surface area contributed by atoms with E-state index in [0.717, 1.165) is 0 Å². The van der Waals surface area contributed by atoms with Crippen molar-refractivity contribution in [3.05, 3.63) is 86.7 Å². The molecule has 9 nitrogen and oxygen atoms in total. The van der Waals surface area contributed by atoms with Crippen LogP contribution in [0.25, 0.3) is 22.6 Å². The average Bonchev–Trinajstić information content (AvgIpc) is 3.40. The molecular formula is C20H12BrF2N7O2. The Morgan fingerprint density at radius 3 is 2.78 bits per heavy atom. The van der Waals surface area contributed by atoms with E-state index in [9.17, 15) is 13.6 Å². The normalized spacial score (nSPS) is 11.3. The summed E-state index contributed by atoms with van der Waals surface area (Å²) < 4.78 is 35.0. The Morgan fingerprint density at radius 2 is 1.97 bits per heavy atom. The molecule has 0 saturated carbocycles. The van der Waals surface area contributed by atoms with Crippen LogP contribution in [0.2, 0.25) is 0 Å². The Balaban J connectivity index is 1.41. The second kappa shape index (κ2) is 8.04. The van der Waals surface area contributed by atoms with Crippen LogP contribution in [0.15, 0.2) is 62.6 Å². The summed E-state index contributed by atoms with van der Waals surface area (Å²) in [6.07, 6.45) is 1.33. The van der Waals surface area contributed by atoms with Crippen molar-refractivity contribution in [2.24, 2.45) is 0 Å². The summed E-state index contributed by atoms with van der Waals surface area (Å²) in [5.74, 6) is -0.359. The number of nitrogens with zero attached hydrogens (tertiary/aromatic N) is 7. The van der Waals surface area contributed by atoms with E-state index in [2.05, 4.69) is 41.4 Å². The topological polar surface area (TPSA) is 105 Å². The minimum Gasteiger partial charge on any atom is -0.337 e. The first-order valence-corrected chi connectivity index (χ1v) is 10.1. The van der Waals surface area contributed by atoms with E-state index >= 15 is 0 Å². The molecule has 0 atom stereocenters. The van der Waals surface area contributed by atoms with Gasteiger partial charge in [-0.3, -0.25) is 9.36 Å². The highest BCUT2D eigenvalue weighted by Gasteiger charge is 2.16. The van der Waals surface area contributed by atoms with Crippen LogP contribution in [-0.2, 0) is 13.1 Å². The van der Waals surface area contributed by atoms with Gasteiger partial charge in [0, 0.05) is 5.56 Å². The zero-order valence-corrected chi connectivity index (χ0v) is 17.7. The van der Waals surface area contributed by atoms with Crippen molar-refractivity contribution in [2.45, 2.75) is 13.1 Å². The predicted molar refractivity (Wildman–Crippen MR) is 112 cm³/mol. The van der Waals surface area contributed by atoms with Gasteiger partial charge < -0.3 is 4.52 Å². The van der Waals surface area contributed by atoms with Crippen molar-refractivity contribution in [2.75, 3.05) is 0 Å². The van der Waals surface area contributed by atoms with Gasteiger partial charge in [0.1, 0.15) is 24.5 Å². The molecule has 0 aliphatic rings. The van der Waals surface area contributed by atoms with Crippen LogP contribution in [0.3, 0.4) is 0 Å². The van der Waals surface area contributed by atoms with Crippen molar-refractivity contribution in [3.63, 3.8) is 0 Å². The van der Waals surface area contributed by atoms with E-state index in [4.69, 9.17) is 4.52 Å². The summed E-state index contributed by atoms with van der Waals surface area (Å²) in [5.41, 5.74) is 1.11. The molecule has 5 rings (SSSR count). The van der Waals surface area contributed by atoms with Crippen molar-refractivity contribution in [1.29, 1.82) is 0 Å². The molecule has 2 aromatic carbocycles. The van der Waals surface area contributed by atoms with Crippen LogP contribution in [0, 0.1) is 11.6 Å². The molecule has 3 aromatic heterocycles. The molecule has 3 heterocycles. The lowest BCUT2D eigenvalue weighted by Gasteiger charge is -2.03. The number of halogens is 3. The van der Waals surface area contributed by atoms with Gasteiger partial charge in [0.25, 0.3) is 5.56 Å². The molecule has 0 amide bonds.